The zero-order valence-electron chi connectivity index (χ0n) is 16.5. The van der Waals surface area contributed by atoms with Crippen molar-refractivity contribution in [3.8, 4) is 0 Å². The maximum atomic E-state index is 12.5. The fourth-order valence-electron chi connectivity index (χ4n) is 3.65. The molecule has 1 aliphatic rings. The first kappa shape index (κ1) is 20.3. The van der Waals surface area contributed by atoms with Crippen LogP contribution in [0.3, 0.4) is 0 Å². The Hall–Kier alpha value is -2.97. The molecule has 30 heavy (non-hydrogen) atoms. The predicted molar refractivity (Wildman–Crippen MR) is 113 cm³/mol. The molecule has 0 unspecified atom stereocenters. The summed E-state index contributed by atoms with van der Waals surface area (Å²) in [6.45, 7) is 2.23. The molecule has 0 bridgehead atoms. The van der Waals surface area contributed by atoms with Gasteiger partial charge in [-0.1, -0.05) is 11.6 Å². The third kappa shape index (κ3) is 4.44. The second kappa shape index (κ2) is 8.81. The second-order valence-electron chi connectivity index (χ2n) is 7.29. The summed E-state index contributed by atoms with van der Waals surface area (Å²) in [4.78, 5) is 30.6. The normalized spacial score (nSPS) is 15.3. The molecule has 1 saturated heterocycles. The van der Waals surface area contributed by atoms with Crippen molar-refractivity contribution in [3.05, 3.63) is 53.3 Å². The van der Waals surface area contributed by atoms with E-state index < -0.39 is 0 Å². The first-order chi connectivity index (χ1) is 14.5. The van der Waals surface area contributed by atoms with E-state index in [1.165, 1.54) is 13.3 Å². The van der Waals surface area contributed by atoms with E-state index in [-0.39, 0.29) is 17.8 Å². The van der Waals surface area contributed by atoms with Crippen LogP contribution < -0.4 is 5.32 Å². The summed E-state index contributed by atoms with van der Waals surface area (Å²) in [6.07, 6.45) is 4.81. The van der Waals surface area contributed by atoms with Gasteiger partial charge in [0, 0.05) is 30.6 Å². The van der Waals surface area contributed by atoms with Crippen LogP contribution in [-0.2, 0) is 16.2 Å². The number of carbonyl (C=O) groups is 2. The van der Waals surface area contributed by atoms with Crippen molar-refractivity contribution in [2.75, 3.05) is 25.5 Å². The average molecular weight is 428 g/mol. The zero-order valence-corrected chi connectivity index (χ0v) is 17.3. The number of piperidine rings is 1. The standard InChI is InChI=1S/C21H22ClN5O3/c1-30-21(29)15-2-4-18-16(10-15)11-24-27(18)13-26-8-6-14(7-9-26)20(28)25-19-5-3-17(22)12-23-19/h2-5,10-12,14H,6-9,13H2,1H3,(H,23,25,28). The molecule has 1 amide bonds. The summed E-state index contributed by atoms with van der Waals surface area (Å²) in [5, 5.41) is 8.74. The molecule has 1 aliphatic heterocycles. The van der Waals surface area contributed by atoms with Crippen LogP contribution in [0.5, 0.6) is 0 Å². The molecule has 3 aromatic rings. The Balaban J connectivity index is 1.34. The van der Waals surface area contributed by atoms with Crippen molar-refractivity contribution in [3.63, 3.8) is 0 Å². The van der Waals surface area contributed by atoms with Crippen molar-refractivity contribution >= 4 is 40.2 Å². The van der Waals surface area contributed by atoms with Crippen LogP contribution in [0.25, 0.3) is 10.9 Å². The fraction of sp³-hybridized carbons (Fsp3) is 0.333. The number of anilines is 1. The van der Waals surface area contributed by atoms with Gasteiger partial charge < -0.3 is 10.1 Å². The monoisotopic (exact) mass is 427 g/mol. The quantitative estimate of drug-likeness (QED) is 0.629. The molecule has 1 aromatic carbocycles. The molecule has 0 atom stereocenters. The Kier molecular flexibility index (Phi) is 5.96. The van der Waals surface area contributed by atoms with Crippen LogP contribution in [0.1, 0.15) is 23.2 Å². The summed E-state index contributed by atoms with van der Waals surface area (Å²) in [7, 11) is 1.37. The first-order valence-electron chi connectivity index (χ1n) is 9.72. The van der Waals surface area contributed by atoms with Crippen molar-refractivity contribution in [1.29, 1.82) is 0 Å². The summed E-state index contributed by atoms with van der Waals surface area (Å²) in [5.74, 6) is 0.0972. The van der Waals surface area contributed by atoms with Gasteiger partial charge in [-0.2, -0.15) is 5.10 Å². The Bertz CT molecular complexity index is 1060. The van der Waals surface area contributed by atoms with Gasteiger partial charge in [-0.15, -0.1) is 0 Å². The van der Waals surface area contributed by atoms with Crippen LogP contribution in [-0.4, -0.2) is 51.7 Å². The fourth-order valence-corrected chi connectivity index (χ4v) is 3.76. The lowest BCUT2D eigenvalue weighted by atomic mass is 9.96. The highest BCUT2D eigenvalue weighted by atomic mass is 35.5. The van der Waals surface area contributed by atoms with E-state index in [9.17, 15) is 9.59 Å². The molecular weight excluding hydrogens is 406 g/mol. The average Bonchev–Trinajstić information content (AvgIpc) is 3.17. The van der Waals surface area contributed by atoms with Crippen LogP contribution >= 0.6 is 11.6 Å². The first-order valence-corrected chi connectivity index (χ1v) is 10.1. The Morgan fingerprint density at radius 1 is 1.20 bits per heavy atom. The molecule has 3 heterocycles. The van der Waals surface area contributed by atoms with Gasteiger partial charge in [0.25, 0.3) is 0 Å². The topological polar surface area (TPSA) is 89.4 Å². The van der Waals surface area contributed by atoms with Gasteiger partial charge in [0.15, 0.2) is 0 Å². The van der Waals surface area contributed by atoms with E-state index >= 15 is 0 Å². The van der Waals surface area contributed by atoms with Crippen molar-refractivity contribution in [2.24, 2.45) is 5.92 Å². The molecule has 0 spiro atoms. The lowest BCUT2D eigenvalue weighted by Gasteiger charge is -2.31. The lowest BCUT2D eigenvalue weighted by Crippen LogP contribution is -2.39. The van der Waals surface area contributed by atoms with E-state index in [2.05, 4.69) is 20.3 Å². The number of fused-ring (bicyclic) bond motifs is 1. The smallest absolute Gasteiger partial charge is 0.337 e. The Morgan fingerprint density at radius 2 is 2.00 bits per heavy atom. The molecule has 8 nitrogen and oxygen atoms in total. The SMILES string of the molecule is COC(=O)c1ccc2c(cnn2CN2CCC(C(=O)Nc3ccc(Cl)cn3)CC2)c1. The number of aromatic nitrogens is 3. The highest BCUT2D eigenvalue weighted by Gasteiger charge is 2.25. The number of nitrogens with one attached hydrogen (secondary N) is 1. The minimum Gasteiger partial charge on any atom is -0.465 e. The van der Waals surface area contributed by atoms with Gasteiger partial charge in [-0.05, 0) is 43.2 Å². The minimum atomic E-state index is -0.362. The van der Waals surface area contributed by atoms with Crippen LogP contribution in [0.15, 0.2) is 42.7 Å². The predicted octanol–water partition coefficient (Wildman–Crippen LogP) is 3.18. The highest BCUT2D eigenvalue weighted by Crippen LogP contribution is 2.22. The molecule has 2 aromatic heterocycles. The highest BCUT2D eigenvalue weighted by molar-refractivity contribution is 6.30. The Labute approximate surface area is 178 Å². The van der Waals surface area contributed by atoms with Crippen molar-refractivity contribution < 1.29 is 14.3 Å². The van der Waals surface area contributed by atoms with Gasteiger partial charge in [-0.25, -0.2) is 9.78 Å². The number of amides is 1. The summed E-state index contributed by atoms with van der Waals surface area (Å²) < 4.78 is 6.68. The Morgan fingerprint density at radius 3 is 2.70 bits per heavy atom. The minimum absolute atomic E-state index is 0.00986. The number of esters is 1. The maximum Gasteiger partial charge on any atom is 0.337 e. The maximum absolute atomic E-state index is 12.5. The number of carbonyl (C=O) groups excluding carboxylic acids is 2. The second-order valence-corrected chi connectivity index (χ2v) is 7.73. The number of methoxy groups -OCH3 is 1. The van der Waals surface area contributed by atoms with E-state index in [1.54, 1.807) is 30.5 Å². The molecule has 4 rings (SSSR count). The number of pyridine rings is 1. The van der Waals surface area contributed by atoms with Gasteiger partial charge >= 0.3 is 5.97 Å². The molecule has 156 valence electrons. The molecular formula is C21H22ClN5O3. The number of nitrogens with zero attached hydrogens (tertiary/aromatic N) is 4. The molecule has 1 fully saturated rings. The number of halogens is 1. The molecule has 0 aliphatic carbocycles. The van der Waals surface area contributed by atoms with E-state index in [0.29, 0.717) is 23.1 Å². The number of likely N-dealkylation sites (tertiary alicyclic amines) is 1. The molecule has 0 radical (unpaired) electrons. The summed E-state index contributed by atoms with van der Waals surface area (Å²) in [6, 6.07) is 8.81. The van der Waals surface area contributed by atoms with Gasteiger partial charge in [0.05, 0.1) is 36.1 Å². The van der Waals surface area contributed by atoms with Crippen molar-refractivity contribution in [2.45, 2.75) is 19.5 Å². The van der Waals surface area contributed by atoms with Gasteiger partial charge in [0.2, 0.25) is 5.91 Å². The number of hydrogen-bond donors (Lipinski definition) is 1. The third-order valence-corrected chi connectivity index (χ3v) is 5.56. The number of benzene rings is 1. The summed E-state index contributed by atoms with van der Waals surface area (Å²) >= 11 is 5.83. The number of ether oxygens (including phenoxy) is 1. The van der Waals surface area contributed by atoms with Crippen LogP contribution in [0.4, 0.5) is 5.82 Å². The number of rotatable bonds is 5. The summed E-state index contributed by atoms with van der Waals surface area (Å²) in [5.41, 5.74) is 1.46. The largest absolute Gasteiger partial charge is 0.465 e. The van der Waals surface area contributed by atoms with Gasteiger partial charge in [-0.3, -0.25) is 14.4 Å². The molecule has 0 saturated carbocycles. The van der Waals surface area contributed by atoms with E-state index in [4.69, 9.17) is 16.3 Å². The van der Waals surface area contributed by atoms with E-state index in [0.717, 1.165) is 36.8 Å². The lowest BCUT2D eigenvalue weighted by molar-refractivity contribution is -0.121. The molecule has 1 N–H and O–H groups in total. The van der Waals surface area contributed by atoms with Gasteiger partial charge in [0.1, 0.15) is 5.82 Å². The van der Waals surface area contributed by atoms with E-state index in [1.807, 2.05) is 10.7 Å². The number of hydrogen-bond acceptors (Lipinski definition) is 6. The molecule has 9 heteroatoms. The zero-order chi connectivity index (χ0) is 21.1. The van der Waals surface area contributed by atoms with Crippen LogP contribution in [0, 0.1) is 5.92 Å². The van der Waals surface area contributed by atoms with Crippen LogP contribution in [0.2, 0.25) is 5.02 Å². The third-order valence-electron chi connectivity index (χ3n) is 5.33. The van der Waals surface area contributed by atoms with Crippen molar-refractivity contribution in [1.82, 2.24) is 19.7 Å².